The van der Waals surface area contributed by atoms with Crippen LogP contribution in [0.25, 0.3) is 0 Å². The summed E-state index contributed by atoms with van der Waals surface area (Å²) in [6.07, 6.45) is 2.91. The molecule has 4 rings (SSSR count). The number of amides is 2. The van der Waals surface area contributed by atoms with Crippen LogP contribution in [-0.4, -0.2) is 35.2 Å². The zero-order chi connectivity index (χ0) is 15.6. The molecule has 0 saturated carbocycles. The number of fused-ring (bicyclic) bond motifs is 5. The Labute approximate surface area is 136 Å². The minimum absolute atomic E-state index is 0.269. The van der Waals surface area contributed by atoms with Gasteiger partial charge in [-0.2, -0.15) is 0 Å². The summed E-state index contributed by atoms with van der Waals surface area (Å²) < 4.78 is 5.67. The Morgan fingerprint density at radius 3 is 2.77 bits per heavy atom. The summed E-state index contributed by atoms with van der Waals surface area (Å²) in [7, 11) is 0. The van der Waals surface area contributed by atoms with Gasteiger partial charge in [-0.3, -0.25) is 9.59 Å². The van der Waals surface area contributed by atoms with Crippen LogP contribution in [-0.2, 0) is 14.3 Å². The van der Waals surface area contributed by atoms with Crippen LogP contribution in [0.2, 0.25) is 10.0 Å². The summed E-state index contributed by atoms with van der Waals surface area (Å²) in [5.41, 5.74) is -0.840. The van der Waals surface area contributed by atoms with Gasteiger partial charge in [-0.15, -0.1) is 0 Å². The molecule has 2 amide bonds. The highest BCUT2D eigenvalue weighted by atomic mass is 35.5. The zero-order valence-corrected chi connectivity index (χ0v) is 12.7. The van der Waals surface area contributed by atoms with Crippen LogP contribution in [0.1, 0.15) is 0 Å². The quantitative estimate of drug-likeness (QED) is 0.659. The third kappa shape index (κ3) is 1.62. The minimum atomic E-state index is -1.11. The standard InChI is InChI=1S/C15H11Cl2NO4/c16-7-1-2-8(17)9(5-7)18-13(20)11-10-3-4-15(6-19,22-10)12(11)14(18)21/h1-5,10-12,19H,6H2/t10-,11-,12+,15+/m1/s1. The fourth-order valence-corrected chi connectivity index (χ4v) is 3.95. The highest BCUT2D eigenvalue weighted by molar-refractivity contribution is 6.37. The number of rotatable bonds is 2. The zero-order valence-electron chi connectivity index (χ0n) is 11.2. The van der Waals surface area contributed by atoms with Crippen molar-refractivity contribution in [2.75, 3.05) is 11.5 Å². The van der Waals surface area contributed by atoms with Gasteiger partial charge in [0.2, 0.25) is 11.8 Å². The fourth-order valence-electron chi connectivity index (χ4n) is 3.58. The van der Waals surface area contributed by atoms with Crippen molar-refractivity contribution in [2.45, 2.75) is 11.7 Å². The van der Waals surface area contributed by atoms with E-state index in [1.807, 2.05) is 0 Å². The maximum atomic E-state index is 12.8. The van der Waals surface area contributed by atoms with E-state index in [1.165, 1.54) is 6.07 Å². The van der Waals surface area contributed by atoms with Crippen molar-refractivity contribution in [3.8, 4) is 0 Å². The summed E-state index contributed by atoms with van der Waals surface area (Å²) in [6, 6.07) is 4.62. The van der Waals surface area contributed by atoms with Gasteiger partial charge in [0, 0.05) is 5.02 Å². The smallest absolute Gasteiger partial charge is 0.241 e. The van der Waals surface area contributed by atoms with Crippen molar-refractivity contribution in [1.29, 1.82) is 0 Å². The van der Waals surface area contributed by atoms with Crippen molar-refractivity contribution in [1.82, 2.24) is 0 Å². The predicted octanol–water partition coefficient (Wildman–Crippen LogP) is 1.80. The molecule has 7 heteroatoms. The van der Waals surface area contributed by atoms with E-state index in [9.17, 15) is 14.7 Å². The highest BCUT2D eigenvalue weighted by Crippen LogP contribution is 2.52. The minimum Gasteiger partial charge on any atom is -0.393 e. The lowest BCUT2D eigenvalue weighted by Crippen LogP contribution is -2.43. The molecular weight excluding hydrogens is 329 g/mol. The number of carbonyl (C=O) groups is 2. The molecule has 0 spiro atoms. The second-order valence-electron chi connectivity index (χ2n) is 5.67. The van der Waals surface area contributed by atoms with Gasteiger partial charge in [-0.1, -0.05) is 35.4 Å². The summed E-state index contributed by atoms with van der Waals surface area (Å²) in [5, 5.41) is 10.3. The Kier molecular flexibility index (Phi) is 2.94. The average Bonchev–Trinajstić information content (AvgIpc) is 3.14. The molecular formula is C15H11Cl2NO4. The molecule has 5 nitrogen and oxygen atoms in total. The lowest BCUT2D eigenvalue weighted by Gasteiger charge is -2.26. The van der Waals surface area contributed by atoms with Gasteiger partial charge in [0.15, 0.2) is 0 Å². The first-order chi connectivity index (χ1) is 10.5. The summed E-state index contributed by atoms with van der Waals surface area (Å²) in [5.74, 6) is -2.14. The van der Waals surface area contributed by atoms with Crippen molar-refractivity contribution in [3.63, 3.8) is 0 Å². The maximum absolute atomic E-state index is 12.8. The maximum Gasteiger partial charge on any atom is 0.241 e. The van der Waals surface area contributed by atoms with Gasteiger partial charge < -0.3 is 9.84 Å². The molecule has 3 aliphatic rings. The lowest BCUT2D eigenvalue weighted by atomic mass is 9.77. The van der Waals surface area contributed by atoms with Crippen LogP contribution < -0.4 is 4.90 Å². The lowest BCUT2D eigenvalue weighted by molar-refractivity contribution is -0.128. The van der Waals surface area contributed by atoms with Crippen LogP contribution in [0.4, 0.5) is 5.69 Å². The van der Waals surface area contributed by atoms with E-state index < -0.39 is 29.4 Å². The highest BCUT2D eigenvalue weighted by Gasteiger charge is 2.67. The van der Waals surface area contributed by atoms with Gasteiger partial charge >= 0.3 is 0 Å². The molecule has 2 saturated heterocycles. The molecule has 3 aliphatic heterocycles. The van der Waals surface area contributed by atoms with Crippen LogP contribution in [0.5, 0.6) is 0 Å². The Hall–Kier alpha value is -1.40. The topological polar surface area (TPSA) is 66.8 Å². The number of ether oxygens (including phenoxy) is 1. The molecule has 1 N–H and O–H groups in total. The predicted molar refractivity (Wildman–Crippen MR) is 79.8 cm³/mol. The Balaban J connectivity index is 1.81. The summed E-state index contributed by atoms with van der Waals surface area (Å²) >= 11 is 12.1. The number of aliphatic hydroxyl groups excluding tert-OH is 1. The molecule has 114 valence electrons. The normalized spacial score (nSPS) is 35.6. The molecule has 3 heterocycles. The van der Waals surface area contributed by atoms with Crippen molar-refractivity contribution in [3.05, 3.63) is 40.4 Å². The molecule has 2 fully saturated rings. The molecule has 1 aromatic carbocycles. The number of aliphatic hydroxyl groups is 1. The average molecular weight is 340 g/mol. The van der Waals surface area contributed by atoms with E-state index in [0.717, 1.165) is 4.90 Å². The van der Waals surface area contributed by atoms with Crippen LogP contribution in [0.15, 0.2) is 30.4 Å². The molecule has 2 bridgehead atoms. The fraction of sp³-hybridized carbons (Fsp3) is 0.333. The largest absolute Gasteiger partial charge is 0.393 e. The first-order valence-electron chi connectivity index (χ1n) is 6.79. The van der Waals surface area contributed by atoms with Gasteiger partial charge in [-0.05, 0) is 18.2 Å². The number of anilines is 1. The Morgan fingerprint density at radius 2 is 2.05 bits per heavy atom. The van der Waals surface area contributed by atoms with Crippen molar-refractivity contribution >= 4 is 40.7 Å². The van der Waals surface area contributed by atoms with Gasteiger partial charge in [0.05, 0.1) is 35.3 Å². The molecule has 0 unspecified atom stereocenters. The van der Waals surface area contributed by atoms with Crippen molar-refractivity contribution < 1.29 is 19.4 Å². The SMILES string of the molecule is O=C1[C@H]2[C@@H](C(=O)N1c1cc(Cl)ccc1Cl)[C@@]1(CO)C=C[C@H]2O1. The first-order valence-corrected chi connectivity index (χ1v) is 7.55. The number of carbonyl (C=O) groups excluding carboxylic acids is 2. The number of nitrogens with zero attached hydrogens (tertiary/aromatic N) is 1. The van der Waals surface area contributed by atoms with E-state index in [1.54, 1.807) is 24.3 Å². The van der Waals surface area contributed by atoms with Gasteiger partial charge in [0.25, 0.3) is 0 Å². The number of hydrogen-bond acceptors (Lipinski definition) is 4. The van der Waals surface area contributed by atoms with E-state index in [0.29, 0.717) is 5.02 Å². The second-order valence-corrected chi connectivity index (χ2v) is 6.51. The van der Waals surface area contributed by atoms with Gasteiger partial charge in [-0.25, -0.2) is 4.90 Å². The van der Waals surface area contributed by atoms with E-state index >= 15 is 0 Å². The van der Waals surface area contributed by atoms with Crippen LogP contribution >= 0.6 is 23.2 Å². The third-order valence-corrected chi connectivity index (χ3v) is 5.11. The van der Waals surface area contributed by atoms with E-state index in [2.05, 4.69) is 0 Å². The molecule has 1 aromatic rings. The monoisotopic (exact) mass is 339 g/mol. The molecule has 0 radical (unpaired) electrons. The molecule has 0 aliphatic carbocycles. The Morgan fingerprint density at radius 1 is 1.27 bits per heavy atom. The summed E-state index contributed by atoms with van der Waals surface area (Å²) in [6.45, 7) is -0.350. The number of imide groups is 1. The van der Waals surface area contributed by atoms with Gasteiger partial charge in [0.1, 0.15) is 5.60 Å². The van der Waals surface area contributed by atoms with Crippen molar-refractivity contribution in [2.24, 2.45) is 11.8 Å². The van der Waals surface area contributed by atoms with E-state index in [-0.39, 0.29) is 23.2 Å². The number of benzene rings is 1. The second kappa shape index (κ2) is 4.55. The number of halogens is 2. The molecule has 4 atom stereocenters. The van der Waals surface area contributed by atoms with Crippen LogP contribution in [0.3, 0.4) is 0 Å². The Bertz CT molecular complexity index is 734. The van der Waals surface area contributed by atoms with Crippen LogP contribution in [0, 0.1) is 11.8 Å². The summed E-state index contributed by atoms with van der Waals surface area (Å²) in [4.78, 5) is 26.6. The number of hydrogen-bond donors (Lipinski definition) is 1. The van der Waals surface area contributed by atoms with E-state index in [4.69, 9.17) is 27.9 Å². The first kappa shape index (κ1) is 14.2. The molecule has 22 heavy (non-hydrogen) atoms. The third-order valence-electron chi connectivity index (χ3n) is 4.55. The molecule has 0 aromatic heterocycles.